The second kappa shape index (κ2) is 12.4. The van der Waals surface area contributed by atoms with E-state index in [4.69, 9.17) is 26.2 Å². The Kier molecular flexibility index (Phi) is 9.22. The predicted octanol–water partition coefficient (Wildman–Crippen LogP) is 3.91. The average molecular weight is 591 g/mol. The van der Waals surface area contributed by atoms with Crippen molar-refractivity contribution in [2.75, 3.05) is 6.54 Å². The van der Waals surface area contributed by atoms with Crippen LogP contribution >= 0.6 is 0 Å². The summed E-state index contributed by atoms with van der Waals surface area (Å²) in [6.07, 6.45) is 2.13. The third-order valence-corrected chi connectivity index (χ3v) is 7.47. The highest BCUT2D eigenvalue weighted by Crippen LogP contribution is 2.42. The average Bonchev–Trinajstić information content (AvgIpc) is 3.55. The molecule has 2 fully saturated rings. The number of nitrogens with two attached hydrogens (primary N) is 1. The first-order valence-corrected chi connectivity index (χ1v) is 14.0. The summed E-state index contributed by atoms with van der Waals surface area (Å²) in [5.41, 5.74) is 6.78. The number of nitrogens with zero attached hydrogens (tertiary/aromatic N) is 3. The van der Waals surface area contributed by atoms with Crippen LogP contribution < -0.4 is 15.8 Å². The standard InChI is InChI=1S/C30H34B2F3N5O3/c1-5-6-9-21(36)18(3)28(42)37-22-13-14-39(27(22)20-8-7-10-24(17(20)2)43-29(4,31)32)26(41)16-40-25(30(33,34)35)15-23(38-40)19-11-12-19/h5-10,15,19,22,27H,3,11-14,16,36H2,1-2,4H3,(H,37,42)/b6-5-,21-9+. The number of likely N-dealkylation sites (tertiary alicyclic amines) is 1. The fourth-order valence-electron chi connectivity index (χ4n) is 5.18. The molecular weight excluding hydrogens is 557 g/mol. The first kappa shape index (κ1) is 32.0. The molecule has 0 spiro atoms. The maximum Gasteiger partial charge on any atom is 0.433 e. The molecule has 3 N–H and O–H groups in total. The molecule has 1 saturated heterocycles. The number of ether oxygens (including phenoxy) is 1. The van der Waals surface area contributed by atoms with Gasteiger partial charge in [-0.15, -0.1) is 0 Å². The highest BCUT2D eigenvalue weighted by Gasteiger charge is 2.43. The van der Waals surface area contributed by atoms with Crippen LogP contribution in [-0.2, 0) is 22.3 Å². The lowest BCUT2D eigenvalue weighted by Crippen LogP contribution is -2.43. The number of amides is 2. The molecule has 1 saturated carbocycles. The number of carbonyl (C=O) groups excluding carboxylic acids is 2. The summed E-state index contributed by atoms with van der Waals surface area (Å²) in [4.78, 5) is 28.4. The lowest BCUT2D eigenvalue weighted by molar-refractivity contribution is -0.146. The van der Waals surface area contributed by atoms with E-state index in [9.17, 15) is 22.8 Å². The molecular formula is C30H34B2F3N5O3. The highest BCUT2D eigenvalue weighted by molar-refractivity contribution is 6.38. The van der Waals surface area contributed by atoms with Crippen molar-refractivity contribution in [1.82, 2.24) is 20.0 Å². The van der Waals surface area contributed by atoms with Crippen LogP contribution in [0.25, 0.3) is 0 Å². The quantitative estimate of drug-likeness (QED) is 0.248. The van der Waals surface area contributed by atoms with E-state index >= 15 is 0 Å². The minimum atomic E-state index is -4.68. The van der Waals surface area contributed by atoms with Gasteiger partial charge in [-0.3, -0.25) is 14.3 Å². The first-order valence-electron chi connectivity index (χ1n) is 14.0. The van der Waals surface area contributed by atoms with Crippen molar-refractivity contribution in [3.8, 4) is 5.75 Å². The van der Waals surface area contributed by atoms with E-state index in [-0.39, 0.29) is 23.7 Å². The molecule has 1 aliphatic heterocycles. The number of rotatable bonds is 10. The molecule has 2 amide bonds. The van der Waals surface area contributed by atoms with Crippen LogP contribution in [0.5, 0.6) is 5.75 Å². The molecule has 2 aromatic rings. The Morgan fingerprint density at radius 3 is 2.56 bits per heavy atom. The van der Waals surface area contributed by atoms with Gasteiger partial charge in [0.25, 0.3) is 5.91 Å². The Bertz CT molecular complexity index is 1460. The van der Waals surface area contributed by atoms with Crippen molar-refractivity contribution < 1.29 is 27.5 Å². The zero-order valence-corrected chi connectivity index (χ0v) is 24.4. The Hall–Kier alpha value is -3.89. The predicted molar refractivity (Wildman–Crippen MR) is 158 cm³/mol. The minimum absolute atomic E-state index is 0.0276. The maximum absolute atomic E-state index is 13.9. The van der Waals surface area contributed by atoms with E-state index < -0.39 is 47.7 Å². The zero-order chi connectivity index (χ0) is 31.7. The topological polar surface area (TPSA) is 102 Å². The number of hydrogen-bond donors (Lipinski definition) is 2. The number of hydrogen-bond acceptors (Lipinski definition) is 5. The minimum Gasteiger partial charge on any atom is -0.507 e. The maximum atomic E-state index is 13.9. The smallest absolute Gasteiger partial charge is 0.433 e. The summed E-state index contributed by atoms with van der Waals surface area (Å²) < 4.78 is 48.1. The van der Waals surface area contributed by atoms with Crippen LogP contribution in [0.1, 0.15) is 67.6 Å². The third kappa shape index (κ3) is 7.55. The Balaban J connectivity index is 1.68. The van der Waals surface area contributed by atoms with Crippen LogP contribution in [0.4, 0.5) is 13.2 Å². The molecule has 43 heavy (non-hydrogen) atoms. The second-order valence-corrected chi connectivity index (χ2v) is 11.2. The summed E-state index contributed by atoms with van der Waals surface area (Å²) in [5.74, 6) is -0.792. The molecule has 4 radical (unpaired) electrons. The number of halogens is 3. The monoisotopic (exact) mass is 591 g/mol. The Morgan fingerprint density at radius 2 is 1.95 bits per heavy atom. The second-order valence-electron chi connectivity index (χ2n) is 11.2. The molecule has 2 atom stereocenters. The molecule has 1 aromatic heterocycles. The summed E-state index contributed by atoms with van der Waals surface area (Å²) in [5, 5.41) is 5.57. The van der Waals surface area contributed by atoms with Gasteiger partial charge >= 0.3 is 6.18 Å². The van der Waals surface area contributed by atoms with Crippen LogP contribution in [0.15, 0.2) is 60.3 Å². The van der Waals surface area contributed by atoms with Gasteiger partial charge in [-0.2, -0.15) is 18.3 Å². The van der Waals surface area contributed by atoms with Gasteiger partial charge in [0, 0.05) is 23.6 Å². The van der Waals surface area contributed by atoms with Gasteiger partial charge in [-0.05, 0) is 69.4 Å². The lowest BCUT2D eigenvalue weighted by Gasteiger charge is -2.32. The summed E-state index contributed by atoms with van der Waals surface area (Å²) >= 11 is 0. The van der Waals surface area contributed by atoms with Crippen molar-refractivity contribution in [1.29, 1.82) is 0 Å². The van der Waals surface area contributed by atoms with E-state index in [1.165, 1.54) is 11.8 Å². The molecule has 8 nitrogen and oxygen atoms in total. The fourth-order valence-corrected chi connectivity index (χ4v) is 5.18. The van der Waals surface area contributed by atoms with E-state index in [1.54, 1.807) is 50.3 Å². The summed E-state index contributed by atoms with van der Waals surface area (Å²) in [6.45, 7) is 8.37. The number of nitrogens with one attached hydrogen (secondary N) is 1. The van der Waals surface area contributed by atoms with Gasteiger partial charge in [0.2, 0.25) is 5.91 Å². The van der Waals surface area contributed by atoms with Gasteiger partial charge in [-0.1, -0.05) is 30.9 Å². The number of carbonyl (C=O) groups is 2. The number of alkyl halides is 3. The van der Waals surface area contributed by atoms with Crippen molar-refractivity contribution in [3.63, 3.8) is 0 Å². The van der Waals surface area contributed by atoms with Gasteiger partial charge < -0.3 is 20.7 Å². The molecule has 2 aliphatic rings. The summed E-state index contributed by atoms with van der Waals surface area (Å²) in [7, 11) is 11.7. The number of benzene rings is 1. The van der Waals surface area contributed by atoms with Gasteiger partial charge in [0.1, 0.15) is 33.7 Å². The summed E-state index contributed by atoms with van der Waals surface area (Å²) in [6, 6.07) is 4.76. The van der Waals surface area contributed by atoms with Crippen molar-refractivity contribution in [2.45, 2.75) is 76.2 Å². The Labute approximate surface area is 252 Å². The van der Waals surface area contributed by atoms with Gasteiger partial charge in [-0.25, -0.2) is 0 Å². The molecule has 13 heteroatoms. The van der Waals surface area contributed by atoms with Crippen LogP contribution in [-0.4, -0.2) is 60.2 Å². The number of aromatic nitrogens is 2. The largest absolute Gasteiger partial charge is 0.507 e. The van der Waals surface area contributed by atoms with Crippen molar-refractivity contribution >= 4 is 27.5 Å². The molecule has 1 aromatic carbocycles. The first-order chi connectivity index (χ1) is 20.1. The molecule has 2 unspecified atom stereocenters. The van der Waals surface area contributed by atoms with Crippen LogP contribution in [0.2, 0.25) is 0 Å². The van der Waals surface area contributed by atoms with Crippen LogP contribution in [0, 0.1) is 6.92 Å². The van der Waals surface area contributed by atoms with Gasteiger partial charge in [0.15, 0.2) is 0 Å². The number of allylic oxidation sites excluding steroid dienone is 3. The highest BCUT2D eigenvalue weighted by atomic mass is 19.4. The van der Waals surface area contributed by atoms with Crippen LogP contribution in [0.3, 0.4) is 0 Å². The van der Waals surface area contributed by atoms with Crippen molar-refractivity contribution in [3.05, 3.63) is 82.9 Å². The van der Waals surface area contributed by atoms with Gasteiger partial charge in [0.05, 0.1) is 23.4 Å². The molecule has 224 valence electrons. The molecule has 2 heterocycles. The fraction of sp³-hybridized carbons (Fsp3) is 0.433. The molecule has 1 aliphatic carbocycles. The normalized spacial score (nSPS) is 19.6. The van der Waals surface area contributed by atoms with E-state index in [0.717, 1.165) is 23.6 Å². The van der Waals surface area contributed by atoms with Crippen molar-refractivity contribution in [2.24, 2.45) is 5.73 Å². The lowest BCUT2D eigenvalue weighted by atomic mass is 9.67. The van der Waals surface area contributed by atoms with E-state index in [1.807, 2.05) is 0 Å². The zero-order valence-electron chi connectivity index (χ0n) is 24.4. The Morgan fingerprint density at radius 1 is 1.26 bits per heavy atom. The van der Waals surface area contributed by atoms with E-state index in [0.29, 0.717) is 29.0 Å². The van der Waals surface area contributed by atoms with E-state index in [2.05, 4.69) is 17.0 Å². The molecule has 0 bridgehead atoms. The molecule has 4 rings (SSSR count). The third-order valence-electron chi connectivity index (χ3n) is 7.47. The SMILES string of the molecule is [B]C([B])(C)Oc1cccc(C2C(NC(=O)C(=C)/C(N)=C\C=C/C)CCN2C(=O)Cn2nc(C3CC3)cc2C(F)(F)F)c1C.